The lowest BCUT2D eigenvalue weighted by atomic mass is 10.3. The quantitative estimate of drug-likeness (QED) is 0.795. The summed E-state index contributed by atoms with van der Waals surface area (Å²) in [7, 11) is -4.01. The zero-order chi connectivity index (χ0) is 16.6. The number of fused-ring (bicyclic) bond motifs is 1. The van der Waals surface area contributed by atoms with Gasteiger partial charge in [-0.15, -0.1) is 0 Å². The number of anilines is 1. The van der Waals surface area contributed by atoms with E-state index in [1.165, 1.54) is 6.20 Å². The molecule has 0 saturated heterocycles. The Labute approximate surface area is 131 Å². The summed E-state index contributed by atoms with van der Waals surface area (Å²) >= 11 is 0. The first-order valence-corrected chi connectivity index (χ1v) is 8.32. The molecule has 0 aliphatic carbocycles. The van der Waals surface area contributed by atoms with E-state index in [2.05, 4.69) is 9.71 Å². The highest BCUT2D eigenvalue weighted by molar-refractivity contribution is 7.93. The summed E-state index contributed by atoms with van der Waals surface area (Å²) in [6.45, 7) is 2.40. The summed E-state index contributed by atoms with van der Waals surface area (Å²) in [5.41, 5.74) is 0.351. The molecule has 0 aliphatic rings. The molecule has 3 rings (SSSR count). The minimum atomic E-state index is -4.01. The fourth-order valence-corrected chi connectivity index (χ4v) is 3.62. The van der Waals surface area contributed by atoms with Crippen LogP contribution in [0.25, 0.3) is 11.0 Å². The van der Waals surface area contributed by atoms with Crippen molar-refractivity contribution in [3.63, 3.8) is 0 Å². The second kappa shape index (κ2) is 5.62. The number of rotatable bonds is 4. The number of nitrogens with one attached hydrogen (secondary N) is 1. The van der Waals surface area contributed by atoms with Crippen LogP contribution >= 0.6 is 0 Å². The van der Waals surface area contributed by atoms with Crippen LogP contribution in [-0.2, 0) is 16.6 Å². The Morgan fingerprint density at radius 3 is 2.57 bits per heavy atom. The number of pyridine rings is 1. The van der Waals surface area contributed by atoms with Crippen molar-refractivity contribution < 1.29 is 17.2 Å². The van der Waals surface area contributed by atoms with Gasteiger partial charge in [-0.2, -0.15) is 0 Å². The molecule has 0 saturated carbocycles. The standard InChI is InChI=1S/C15H13F2N3O2S/c1-2-20-9-14(13-4-3-5-18-15(13)20)23(21,22)19-12-7-10(16)6-11(17)8-12/h3-9,19H,2H2,1H3. The van der Waals surface area contributed by atoms with Crippen LogP contribution in [0.5, 0.6) is 0 Å². The molecule has 2 aromatic heterocycles. The lowest BCUT2D eigenvalue weighted by Crippen LogP contribution is -2.13. The minimum absolute atomic E-state index is 0.00659. The molecule has 0 atom stereocenters. The first-order valence-electron chi connectivity index (χ1n) is 6.83. The molecule has 0 amide bonds. The highest BCUT2D eigenvalue weighted by atomic mass is 32.2. The number of hydrogen-bond donors (Lipinski definition) is 1. The van der Waals surface area contributed by atoms with Crippen molar-refractivity contribution in [1.29, 1.82) is 0 Å². The Kier molecular flexibility index (Phi) is 3.77. The Bertz CT molecular complexity index is 963. The average molecular weight is 337 g/mol. The molecule has 0 spiro atoms. The predicted octanol–water partition coefficient (Wildman–Crippen LogP) is 3.14. The van der Waals surface area contributed by atoms with E-state index in [0.29, 0.717) is 23.6 Å². The van der Waals surface area contributed by atoms with E-state index >= 15 is 0 Å². The molecule has 8 heteroatoms. The van der Waals surface area contributed by atoms with Crippen molar-refractivity contribution in [1.82, 2.24) is 9.55 Å². The third kappa shape index (κ3) is 2.89. The lowest BCUT2D eigenvalue weighted by molar-refractivity contribution is 0.584. The molecule has 1 N–H and O–H groups in total. The lowest BCUT2D eigenvalue weighted by Gasteiger charge is -2.07. The van der Waals surface area contributed by atoms with E-state index in [4.69, 9.17) is 0 Å². The smallest absolute Gasteiger partial charge is 0.264 e. The normalized spacial score (nSPS) is 11.8. The second-order valence-electron chi connectivity index (χ2n) is 4.92. The van der Waals surface area contributed by atoms with E-state index in [0.717, 1.165) is 12.1 Å². The van der Waals surface area contributed by atoms with Crippen LogP contribution < -0.4 is 4.72 Å². The Morgan fingerprint density at radius 2 is 1.91 bits per heavy atom. The highest BCUT2D eigenvalue weighted by Gasteiger charge is 2.22. The van der Waals surface area contributed by atoms with E-state index in [-0.39, 0.29) is 10.6 Å². The number of aryl methyl sites for hydroxylation is 1. The molecular weight excluding hydrogens is 324 g/mol. The third-order valence-corrected chi connectivity index (χ3v) is 4.75. The minimum Gasteiger partial charge on any atom is -0.331 e. The topological polar surface area (TPSA) is 64.0 Å². The van der Waals surface area contributed by atoms with Crippen LogP contribution in [0.2, 0.25) is 0 Å². The molecule has 5 nitrogen and oxygen atoms in total. The SMILES string of the molecule is CCn1cc(S(=O)(=O)Nc2cc(F)cc(F)c2)c2cccnc21. The first-order chi connectivity index (χ1) is 10.9. The first kappa shape index (κ1) is 15.4. The van der Waals surface area contributed by atoms with Crippen molar-refractivity contribution >= 4 is 26.7 Å². The molecule has 0 aliphatic heterocycles. The van der Waals surface area contributed by atoms with Gasteiger partial charge in [-0.1, -0.05) is 0 Å². The fraction of sp³-hybridized carbons (Fsp3) is 0.133. The van der Waals surface area contributed by atoms with E-state index < -0.39 is 21.7 Å². The molecular formula is C15H13F2N3O2S. The zero-order valence-electron chi connectivity index (χ0n) is 12.1. The van der Waals surface area contributed by atoms with Crippen LogP contribution in [-0.4, -0.2) is 18.0 Å². The van der Waals surface area contributed by atoms with E-state index in [1.807, 2.05) is 6.92 Å². The van der Waals surface area contributed by atoms with Crippen LogP contribution in [0.3, 0.4) is 0 Å². The largest absolute Gasteiger partial charge is 0.331 e. The van der Waals surface area contributed by atoms with Crippen molar-refractivity contribution in [2.75, 3.05) is 4.72 Å². The zero-order valence-corrected chi connectivity index (χ0v) is 12.9. The predicted molar refractivity (Wildman–Crippen MR) is 82.6 cm³/mol. The summed E-state index contributed by atoms with van der Waals surface area (Å²) in [6.07, 6.45) is 3.02. The number of hydrogen-bond acceptors (Lipinski definition) is 3. The van der Waals surface area contributed by atoms with Crippen molar-refractivity contribution in [2.45, 2.75) is 18.4 Å². The van der Waals surface area contributed by atoms with Gasteiger partial charge in [0.15, 0.2) is 0 Å². The summed E-state index contributed by atoms with van der Waals surface area (Å²) in [6, 6.07) is 5.76. The highest BCUT2D eigenvalue weighted by Crippen LogP contribution is 2.26. The van der Waals surface area contributed by atoms with E-state index in [1.54, 1.807) is 22.9 Å². The van der Waals surface area contributed by atoms with Crippen LogP contribution in [0, 0.1) is 11.6 Å². The number of sulfonamides is 1. The maximum Gasteiger partial charge on any atom is 0.264 e. The number of nitrogens with zero attached hydrogens (tertiary/aromatic N) is 2. The molecule has 120 valence electrons. The van der Waals surface area contributed by atoms with E-state index in [9.17, 15) is 17.2 Å². The summed E-state index contributed by atoms with van der Waals surface area (Å²) < 4.78 is 55.5. The molecule has 3 aromatic rings. The summed E-state index contributed by atoms with van der Waals surface area (Å²) in [5, 5.41) is 0.443. The van der Waals surface area contributed by atoms with Gasteiger partial charge in [-0.05, 0) is 31.2 Å². The van der Waals surface area contributed by atoms with Crippen LogP contribution in [0.1, 0.15) is 6.92 Å². The Morgan fingerprint density at radius 1 is 1.22 bits per heavy atom. The molecule has 0 fully saturated rings. The Hall–Kier alpha value is -2.48. The van der Waals surface area contributed by atoms with Gasteiger partial charge < -0.3 is 4.57 Å². The monoisotopic (exact) mass is 337 g/mol. The van der Waals surface area contributed by atoms with Crippen LogP contribution in [0.4, 0.5) is 14.5 Å². The van der Waals surface area contributed by atoms with Gasteiger partial charge in [0, 0.05) is 30.4 Å². The van der Waals surface area contributed by atoms with Gasteiger partial charge >= 0.3 is 0 Å². The third-order valence-electron chi connectivity index (χ3n) is 3.34. The molecule has 2 heterocycles. The van der Waals surface area contributed by atoms with Crippen molar-refractivity contribution in [3.8, 4) is 0 Å². The number of aromatic nitrogens is 2. The molecule has 0 unspecified atom stereocenters. The Balaban J connectivity index is 2.10. The van der Waals surface area contributed by atoms with Gasteiger partial charge in [-0.3, -0.25) is 4.72 Å². The fourth-order valence-electron chi connectivity index (χ4n) is 2.37. The van der Waals surface area contributed by atoms with Gasteiger partial charge in [-0.25, -0.2) is 22.2 Å². The van der Waals surface area contributed by atoms with Crippen molar-refractivity contribution in [3.05, 3.63) is 54.4 Å². The molecule has 0 radical (unpaired) electrons. The summed E-state index contributed by atoms with van der Waals surface area (Å²) in [5.74, 6) is -1.72. The number of benzene rings is 1. The van der Waals surface area contributed by atoms with Gasteiger partial charge in [0.25, 0.3) is 10.0 Å². The molecule has 1 aromatic carbocycles. The second-order valence-corrected chi connectivity index (χ2v) is 6.57. The summed E-state index contributed by atoms with van der Waals surface area (Å²) in [4.78, 5) is 4.18. The molecule has 0 bridgehead atoms. The van der Waals surface area contributed by atoms with Crippen LogP contribution in [0.15, 0.2) is 47.6 Å². The molecule has 23 heavy (non-hydrogen) atoms. The van der Waals surface area contributed by atoms with Crippen molar-refractivity contribution in [2.24, 2.45) is 0 Å². The van der Waals surface area contributed by atoms with Gasteiger partial charge in [0.1, 0.15) is 22.2 Å². The maximum atomic E-state index is 13.2. The van der Waals surface area contributed by atoms with Gasteiger partial charge in [0.05, 0.1) is 5.69 Å². The number of halogens is 2. The average Bonchev–Trinajstić information content (AvgIpc) is 2.85. The van der Waals surface area contributed by atoms with Gasteiger partial charge in [0.2, 0.25) is 0 Å². The maximum absolute atomic E-state index is 13.2.